The van der Waals surface area contributed by atoms with Gasteiger partial charge in [-0.15, -0.1) is 0 Å². The van der Waals surface area contributed by atoms with Crippen molar-refractivity contribution in [3.63, 3.8) is 0 Å². The molecule has 0 radical (unpaired) electrons. The topological polar surface area (TPSA) is 44.6 Å². The van der Waals surface area contributed by atoms with Crippen molar-refractivity contribution in [1.29, 1.82) is 0 Å². The third-order valence-corrected chi connectivity index (χ3v) is 3.85. The van der Waals surface area contributed by atoms with Crippen molar-refractivity contribution < 1.29 is 4.79 Å². The van der Waals surface area contributed by atoms with Crippen molar-refractivity contribution in [1.82, 2.24) is 24.3 Å². The standard InChI is InChI=1S/C15H25N5O/c1-17(2)8-5-6-14(21)20-11-10-18(3)13(12-20)15-16-7-9-19(15)4/h5-7,9,13H,8,10-12H2,1-4H3. The zero-order valence-electron chi connectivity index (χ0n) is 13.4. The number of carbonyl (C=O) groups is 1. The summed E-state index contributed by atoms with van der Waals surface area (Å²) in [5, 5.41) is 0. The van der Waals surface area contributed by atoms with E-state index in [0.29, 0.717) is 6.54 Å². The highest BCUT2D eigenvalue weighted by atomic mass is 16.2. The van der Waals surface area contributed by atoms with Gasteiger partial charge in [0.2, 0.25) is 5.91 Å². The summed E-state index contributed by atoms with van der Waals surface area (Å²) in [4.78, 5) is 22.9. The Morgan fingerprint density at radius 2 is 2.19 bits per heavy atom. The molecule has 21 heavy (non-hydrogen) atoms. The molecule has 2 rings (SSSR count). The molecule has 0 saturated carbocycles. The van der Waals surface area contributed by atoms with Crippen LogP contribution in [0.15, 0.2) is 24.5 Å². The van der Waals surface area contributed by atoms with Crippen LogP contribution in [-0.2, 0) is 11.8 Å². The number of imidazole rings is 1. The van der Waals surface area contributed by atoms with Gasteiger partial charge in [-0.2, -0.15) is 0 Å². The lowest BCUT2D eigenvalue weighted by atomic mass is 10.1. The Morgan fingerprint density at radius 1 is 1.43 bits per heavy atom. The second-order valence-corrected chi connectivity index (χ2v) is 5.84. The zero-order chi connectivity index (χ0) is 15.4. The predicted molar refractivity (Wildman–Crippen MR) is 82.9 cm³/mol. The molecular formula is C15H25N5O. The smallest absolute Gasteiger partial charge is 0.246 e. The minimum absolute atomic E-state index is 0.0872. The van der Waals surface area contributed by atoms with Crippen molar-refractivity contribution in [2.75, 3.05) is 47.3 Å². The molecule has 1 aliphatic heterocycles. The third-order valence-electron chi connectivity index (χ3n) is 3.85. The Morgan fingerprint density at radius 3 is 2.81 bits per heavy atom. The molecule has 6 heteroatoms. The molecule has 1 fully saturated rings. The lowest BCUT2D eigenvalue weighted by Crippen LogP contribution is -2.49. The van der Waals surface area contributed by atoms with Gasteiger partial charge in [-0.1, -0.05) is 6.08 Å². The van der Waals surface area contributed by atoms with E-state index in [0.717, 1.165) is 25.5 Å². The number of carbonyl (C=O) groups excluding carboxylic acids is 1. The first-order chi connectivity index (χ1) is 9.99. The molecule has 1 atom stereocenters. The zero-order valence-corrected chi connectivity index (χ0v) is 13.4. The second-order valence-electron chi connectivity index (χ2n) is 5.84. The number of piperazine rings is 1. The summed E-state index contributed by atoms with van der Waals surface area (Å²) in [5.41, 5.74) is 0. The molecule has 116 valence electrons. The predicted octanol–water partition coefficient (Wildman–Crippen LogP) is 0.353. The summed E-state index contributed by atoms with van der Waals surface area (Å²) in [6.07, 6.45) is 7.35. The van der Waals surface area contributed by atoms with Crippen molar-refractivity contribution >= 4 is 5.91 Å². The Balaban J connectivity index is 2.02. The van der Waals surface area contributed by atoms with Gasteiger partial charge in [0, 0.05) is 51.7 Å². The highest BCUT2D eigenvalue weighted by molar-refractivity contribution is 5.87. The molecule has 0 aliphatic carbocycles. The minimum Gasteiger partial charge on any atom is -0.337 e. The Bertz CT molecular complexity index is 508. The molecule has 2 heterocycles. The molecule has 1 unspecified atom stereocenters. The molecule has 1 saturated heterocycles. The van der Waals surface area contributed by atoms with Crippen LogP contribution in [0.25, 0.3) is 0 Å². The number of nitrogens with zero attached hydrogens (tertiary/aromatic N) is 5. The fourth-order valence-electron chi connectivity index (χ4n) is 2.52. The number of aryl methyl sites for hydroxylation is 1. The molecule has 1 aromatic rings. The van der Waals surface area contributed by atoms with Crippen LogP contribution in [0.4, 0.5) is 0 Å². The molecule has 1 aromatic heterocycles. The number of likely N-dealkylation sites (N-methyl/N-ethyl adjacent to an activating group) is 2. The van der Waals surface area contributed by atoms with Gasteiger partial charge < -0.3 is 14.4 Å². The molecule has 0 aromatic carbocycles. The van der Waals surface area contributed by atoms with E-state index in [1.54, 1.807) is 12.3 Å². The van der Waals surface area contributed by atoms with Gasteiger partial charge in [-0.05, 0) is 21.1 Å². The van der Waals surface area contributed by atoms with E-state index < -0.39 is 0 Å². The van der Waals surface area contributed by atoms with Crippen LogP contribution in [0.2, 0.25) is 0 Å². The maximum absolute atomic E-state index is 12.3. The number of rotatable bonds is 4. The van der Waals surface area contributed by atoms with Crippen molar-refractivity contribution in [2.24, 2.45) is 7.05 Å². The van der Waals surface area contributed by atoms with E-state index in [-0.39, 0.29) is 11.9 Å². The highest BCUT2D eigenvalue weighted by Gasteiger charge is 2.29. The van der Waals surface area contributed by atoms with Crippen LogP contribution in [-0.4, -0.2) is 77.5 Å². The number of hydrogen-bond donors (Lipinski definition) is 0. The Labute approximate surface area is 126 Å². The van der Waals surface area contributed by atoms with Gasteiger partial charge in [0.05, 0.1) is 6.04 Å². The van der Waals surface area contributed by atoms with Crippen molar-refractivity contribution in [3.8, 4) is 0 Å². The van der Waals surface area contributed by atoms with Gasteiger partial charge >= 0.3 is 0 Å². The van der Waals surface area contributed by atoms with Gasteiger partial charge in [0.1, 0.15) is 5.82 Å². The van der Waals surface area contributed by atoms with Crippen LogP contribution < -0.4 is 0 Å². The van der Waals surface area contributed by atoms with Crippen LogP contribution in [0.3, 0.4) is 0 Å². The highest BCUT2D eigenvalue weighted by Crippen LogP contribution is 2.22. The molecule has 0 bridgehead atoms. The quantitative estimate of drug-likeness (QED) is 0.751. The lowest BCUT2D eigenvalue weighted by molar-refractivity contribution is -0.128. The summed E-state index contributed by atoms with van der Waals surface area (Å²) in [7, 11) is 8.06. The SMILES string of the molecule is CN(C)CC=CC(=O)N1CCN(C)C(c2nccn2C)C1. The first-order valence-electron chi connectivity index (χ1n) is 7.26. The maximum atomic E-state index is 12.3. The average Bonchev–Trinajstić information content (AvgIpc) is 2.85. The summed E-state index contributed by atoms with van der Waals surface area (Å²) < 4.78 is 2.02. The molecule has 0 N–H and O–H groups in total. The summed E-state index contributed by atoms with van der Waals surface area (Å²) in [5.74, 6) is 1.09. The van der Waals surface area contributed by atoms with Crippen LogP contribution in [0, 0.1) is 0 Å². The van der Waals surface area contributed by atoms with E-state index in [9.17, 15) is 4.79 Å². The lowest BCUT2D eigenvalue weighted by Gasteiger charge is -2.38. The first-order valence-corrected chi connectivity index (χ1v) is 7.26. The van der Waals surface area contributed by atoms with E-state index in [1.807, 2.05) is 47.8 Å². The largest absolute Gasteiger partial charge is 0.337 e. The molecular weight excluding hydrogens is 266 g/mol. The fourth-order valence-corrected chi connectivity index (χ4v) is 2.52. The Kier molecular flexibility index (Phi) is 5.14. The normalized spacial score (nSPS) is 20.6. The second kappa shape index (κ2) is 6.87. The van der Waals surface area contributed by atoms with Crippen LogP contribution in [0.1, 0.15) is 11.9 Å². The van der Waals surface area contributed by atoms with E-state index >= 15 is 0 Å². The van der Waals surface area contributed by atoms with Gasteiger partial charge in [-0.25, -0.2) is 4.98 Å². The van der Waals surface area contributed by atoms with E-state index in [1.165, 1.54) is 0 Å². The van der Waals surface area contributed by atoms with Gasteiger partial charge in [0.15, 0.2) is 0 Å². The van der Waals surface area contributed by atoms with Crippen LogP contribution in [0.5, 0.6) is 0 Å². The molecule has 1 aliphatic rings. The van der Waals surface area contributed by atoms with Gasteiger partial charge in [0.25, 0.3) is 0 Å². The number of hydrogen-bond acceptors (Lipinski definition) is 4. The van der Waals surface area contributed by atoms with E-state index in [4.69, 9.17) is 0 Å². The minimum atomic E-state index is 0.0872. The number of amides is 1. The third kappa shape index (κ3) is 3.92. The monoisotopic (exact) mass is 291 g/mol. The molecule has 0 spiro atoms. The summed E-state index contributed by atoms with van der Waals surface area (Å²) in [6.45, 7) is 3.10. The summed E-state index contributed by atoms with van der Waals surface area (Å²) >= 11 is 0. The summed E-state index contributed by atoms with van der Waals surface area (Å²) in [6, 6.07) is 0.157. The fraction of sp³-hybridized carbons (Fsp3) is 0.600. The molecule has 6 nitrogen and oxygen atoms in total. The van der Waals surface area contributed by atoms with Crippen molar-refractivity contribution in [3.05, 3.63) is 30.4 Å². The molecule has 1 amide bonds. The van der Waals surface area contributed by atoms with E-state index in [2.05, 4.69) is 16.9 Å². The first kappa shape index (κ1) is 15.7. The van der Waals surface area contributed by atoms with Crippen molar-refractivity contribution in [2.45, 2.75) is 6.04 Å². The Hall–Kier alpha value is -1.66. The maximum Gasteiger partial charge on any atom is 0.246 e. The average molecular weight is 291 g/mol. The van der Waals surface area contributed by atoms with Gasteiger partial charge in [-0.3, -0.25) is 9.69 Å². The van der Waals surface area contributed by atoms with Crippen LogP contribution >= 0.6 is 0 Å². The number of aromatic nitrogens is 2.